The van der Waals surface area contributed by atoms with Crippen LogP contribution in [0.3, 0.4) is 0 Å². The Morgan fingerprint density at radius 3 is 2.06 bits per heavy atom. The van der Waals surface area contributed by atoms with Crippen LogP contribution in [-0.4, -0.2) is 23.0 Å². The summed E-state index contributed by atoms with van der Waals surface area (Å²) in [6.07, 6.45) is 0. The topological polar surface area (TPSA) is 107 Å². The molecule has 3 N–H and O–H groups in total. The van der Waals surface area contributed by atoms with Crippen molar-refractivity contribution in [3.63, 3.8) is 0 Å². The van der Waals surface area contributed by atoms with Gasteiger partial charge in [-0.15, -0.1) is 0 Å². The summed E-state index contributed by atoms with van der Waals surface area (Å²) in [4.78, 5) is 30.4. The van der Waals surface area contributed by atoms with Crippen LogP contribution in [0.25, 0.3) is 0 Å². The highest BCUT2D eigenvalue weighted by atomic mass is 16.5. The van der Waals surface area contributed by atoms with E-state index in [1.165, 1.54) is 26.0 Å². The Balaban J connectivity index is 0.000000557. The summed E-state index contributed by atoms with van der Waals surface area (Å²) in [5.74, 6) is -1.91. The number of ether oxygens (including phenoxy) is 1. The Morgan fingerprint density at radius 1 is 1.18 bits per heavy atom. The summed E-state index contributed by atoms with van der Waals surface area (Å²) in [6, 6.07) is 5.98. The molecule has 0 unspecified atom stereocenters. The van der Waals surface area contributed by atoms with Crippen molar-refractivity contribution in [3.8, 4) is 5.75 Å². The number of carboxylic acid groups (broad SMARTS) is 1. The first kappa shape index (κ1) is 14.6. The smallest absolute Gasteiger partial charge is 0.339 e. The Bertz CT molecular complexity index is 424. The zero-order valence-electron chi connectivity index (χ0n) is 9.47. The molecule has 6 heteroatoms. The van der Waals surface area contributed by atoms with Crippen LogP contribution >= 0.6 is 0 Å². The third kappa shape index (κ3) is 6.67. The summed E-state index contributed by atoms with van der Waals surface area (Å²) >= 11 is 0. The van der Waals surface area contributed by atoms with Crippen molar-refractivity contribution in [2.45, 2.75) is 13.8 Å². The number of rotatable bonds is 2. The number of hydrogen-bond acceptors (Lipinski definition) is 4. The molecule has 0 atom stereocenters. The second-order valence-electron chi connectivity index (χ2n) is 3.01. The van der Waals surface area contributed by atoms with Crippen LogP contribution in [0.1, 0.15) is 24.2 Å². The second kappa shape index (κ2) is 7.00. The number of esters is 1. The third-order valence-corrected chi connectivity index (χ3v) is 1.37. The van der Waals surface area contributed by atoms with Gasteiger partial charge in [0.25, 0.3) is 0 Å². The van der Waals surface area contributed by atoms with E-state index in [-0.39, 0.29) is 17.2 Å². The monoisotopic (exact) mass is 239 g/mol. The molecule has 92 valence electrons. The van der Waals surface area contributed by atoms with Gasteiger partial charge in [0.15, 0.2) is 0 Å². The Morgan fingerprint density at radius 2 is 1.65 bits per heavy atom. The number of nitrogens with two attached hydrogens (primary N) is 1. The highest BCUT2D eigenvalue weighted by Crippen LogP contribution is 2.17. The molecule has 0 fully saturated rings. The van der Waals surface area contributed by atoms with Gasteiger partial charge in [-0.1, -0.05) is 12.1 Å². The number of benzene rings is 1. The zero-order valence-corrected chi connectivity index (χ0v) is 9.47. The maximum absolute atomic E-state index is 10.6. The molecule has 0 aliphatic carbocycles. The predicted molar refractivity (Wildman–Crippen MR) is 59.6 cm³/mol. The van der Waals surface area contributed by atoms with Gasteiger partial charge in [-0.25, -0.2) is 4.79 Å². The van der Waals surface area contributed by atoms with Crippen molar-refractivity contribution >= 4 is 17.8 Å². The molecule has 1 aromatic carbocycles. The van der Waals surface area contributed by atoms with E-state index in [2.05, 4.69) is 10.5 Å². The number of amides is 1. The van der Waals surface area contributed by atoms with Crippen LogP contribution in [0.4, 0.5) is 0 Å². The molecule has 0 radical (unpaired) electrons. The number of para-hydroxylation sites is 1. The molecule has 1 amide bonds. The number of primary amides is 1. The standard InChI is InChI=1S/C9H8O4.C2H5NO/c1-6(10)13-8-5-3-2-4-7(8)9(11)12;1-2(3)4/h2-5H,1H3,(H,11,12);1H3,(H2,3,4). The lowest BCUT2D eigenvalue weighted by Gasteiger charge is -2.03. The number of carbonyl (C=O) groups excluding carboxylic acids is 2. The predicted octanol–water partition coefficient (Wildman–Crippen LogP) is 0.802. The first-order chi connectivity index (χ1) is 7.84. The van der Waals surface area contributed by atoms with Crippen molar-refractivity contribution in [1.29, 1.82) is 0 Å². The van der Waals surface area contributed by atoms with Gasteiger partial charge in [-0.3, -0.25) is 9.59 Å². The minimum absolute atomic E-state index is 0.0160. The van der Waals surface area contributed by atoms with Crippen LogP contribution in [0.15, 0.2) is 24.3 Å². The number of hydrogen-bond donors (Lipinski definition) is 2. The summed E-state index contributed by atoms with van der Waals surface area (Å²) in [7, 11) is 0. The average Bonchev–Trinajstić information content (AvgIpc) is 2.16. The molecule has 0 heterocycles. The van der Waals surface area contributed by atoms with Gasteiger partial charge in [0.1, 0.15) is 11.3 Å². The largest absolute Gasteiger partial charge is 0.478 e. The van der Waals surface area contributed by atoms with Crippen molar-refractivity contribution in [2.75, 3.05) is 0 Å². The van der Waals surface area contributed by atoms with Crippen LogP contribution < -0.4 is 10.5 Å². The van der Waals surface area contributed by atoms with E-state index in [9.17, 15) is 14.4 Å². The van der Waals surface area contributed by atoms with Gasteiger partial charge in [0.2, 0.25) is 5.91 Å². The quantitative estimate of drug-likeness (QED) is 0.586. The highest BCUT2D eigenvalue weighted by Gasteiger charge is 2.10. The van der Waals surface area contributed by atoms with Gasteiger partial charge >= 0.3 is 11.9 Å². The van der Waals surface area contributed by atoms with Gasteiger partial charge < -0.3 is 15.6 Å². The fourth-order valence-electron chi connectivity index (χ4n) is 0.887. The summed E-state index contributed by atoms with van der Waals surface area (Å²) in [5.41, 5.74) is 4.46. The van der Waals surface area contributed by atoms with E-state index < -0.39 is 11.9 Å². The minimum Gasteiger partial charge on any atom is -0.478 e. The highest BCUT2D eigenvalue weighted by molar-refractivity contribution is 5.91. The molecule has 17 heavy (non-hydrogen) atoms. The van der Waals surface area contributed by atoms with Crippen molar-refractivity contribution in [1.82, 2.24) is 0 Å². The van der Waals surface area contributed by atoms with Crippen LogP contribution in [-0.2, 0) is 9.59 Å². The molecule has 0 aliphatic heterocycles. The number of carbonyl (C=O) groups is 3. The molecule has 1 rings (SSSR count). The average molecular weight is 239 g/mol. The van der Waals surface area contributed by atoms with Crippen LogP contribution in [0.2, 0.25) is 0 Å². The number of carboxylic acids is 1. The molecule has 0 spiro atoms. The molecule has 0 aromatic heterocycles. The van der Waals surface area contributed by atoms with Crippen molar-refractivity contribution in [2.24, 2.45) is 5.73 Å². The molecule has 6 nitrogen and oxygen atoms in total. The third-order valence-electron chi connectivity index (χ3n) is 1.37. The lowest BCUT2D eigenvalue weighted by molar-refractivity contribution is -0.131. The maximum atomic E-state index is 10.6. The Hall–Kier alpha value is -2.37. The Kier molecular flexibility index (Phi) is 6.02. The Labute approximate surface area is 98.0 Å². The fourth-order valence-corrected chi connectivity index (χ4v) is 0.887. The summed E-state index contributed by atoms with van der Waals surface area (Å²) in [5, 5.41) is 8.69. The van der Waals surface area contributed by atoms with E-state index in [1.54, 1.807) is 12.1 Å². The molecular formula is C11H13NO5. The van der Waals surface area contributed by atoms with E-state index in [0.29, 0.717) is 0 Å². The van der Waals surface area contributed by atoms with E-state index >= 15 is 0 Å². The van der Waals surface area contributed by atoms with Gasteiger partial charge in [0, 0.05) is 13.8 Å². The summed E-state index contributed by atoms with van der Waals surface area (Å²) in [6.45, 7) is 2.53. The lowest BCUT2D eigenvalue weighted by atomic mass is 10.2. The fraction of sp³-hybridized carbons (Fsp3) is 0.182. The SMILES string of the molecule is CC(=O)Oc1ccccc1C(=O)O.CC(N)=O. The molecule has 0 saturated carbocycles. The second-order valence-corrected chi connectivity index (χ2v) is 3.01. The molecule has 0 bridgehead atoms. The number of aromatic carboxylic acids is 1. The van der Waals surface area contributed by atoms with Gasteiger partial charge in [0.05, 0.1) is 0 Å². The van der Waals surface area contributed by atoms with Crippen molar-refractivity contribution < 1.29 is 24.2 Å². The van der Waals surface area contributed by atoms with Crippen LogP contribution in [0, 0.1) is 0 Å². The molecule has 0 aliphatic rings. The molecular weight excluding hydrogens is 226 g/mol. The molecule has 0 saturated heterocycles. The van der Waals surface area contributed by atoms with E-state index in [1.807, 2.05) is 0 Å². The van der Waals surface area contributed by atoms with Gasteiger partial charge in [-0.2, -0.15) is 0 Å². The first-order valence-corrected chi connectivity index (χ1v) is 4.61. The maximum Gasteiger partial charge on any atom is 0.339 e. The van der Waals surface area contributed by atoms with Crippen LogP contribution in [0.5, 0.6) is 5.75 Å². The first-order valence-electron chi connectivity index (χ1n) is 4.61. The van der Waals surface area contributed by atoms with Gasteiger partial charge in [-0.05, 0) is 12.1 Å². The summed E-state index contributed by atoms with van der Waals surface area (Å²) < 4.78 is 4.69. The van der Waals surface area contributed by atoms with E-state index in [4.69, 9.17) is 5.11 Å². The molecule has 1 aromatic rings. The normalized spacial score (nSPS) is 8.59. The lowest BCUT2D eigenvalue weighted by Crippen LogP contribution is -2.06. The zero-order chi connectivity index (χ0) is 13.4. The van der Waals surface area contributed by atoms with E-state index in [0.717, 1.165) is 0 Å². The minimum atomic E-state index is -1.11. The van der Waals surface area contributed by atoms with Crippen molar-refractivity contribution in [3.05, 3.63) is 29.8 Å².